The number of hydrogen-bond donors (Lipinski definition) is 0. The van der Waals surface area contributed by atoms with Crippen molar-refractivity contribution in [2.45, 2.75) is 13.5 Å². The molecule has 0 spiro atoms. The van der Waals surface area contributed by atoms with Crippen LogP contribution in [0.2, 0.25) is 5.02 Å². The fourth-order valence-corrected chi connectivity index (χ4v) is 4.59. The number of hydrogen-bond acceptors (Lipinski definition) is 6. The van der Waals surface area contributed by atoms with Crippen LogP contribution < -0.4 is 14.4 Å². The van der Waals surface area contributed by atoms with Crippen molar-refractivity contribution in [1.29, 1.82) is 0 Å². The summed E-state index contributed by atoms with van der Waals surface area (Å²) in [5, 5.41) is 1.24. The van der Waals surface area contributed by atoms with Gasteiger partial charge >= 0.3 is 0 Å². The van der Waals surface area contributed by atoms with Gasteiger partial charge in [-0.25, -0.2) is 4.98 Å². The third-order valence-electron chi connectivity index (χ3n) is 5.05. The molecule has 3 heterocycles. The summed E-state index contributed by atoms with van der Waals surface area (Å²) >= 11 is 7.73. The van der Waals surface area contributed by atoms with E-state index in [1.807, 2.05) is 37.3 Å². The predicted octanol–water partition coefficient (Wildman–Crippen LogP) is 5.27. The van der Waals surface area contributed by atoms with Crippen molar-refractivity contribution in [1.82, 2.24) is 9.97 Å². The van der Waals surface area contributed by atoms with Gasteiger partial charge in [0.25, 0.3) is 5.91 Å². The number of carbonyl (C=O) groups is 1. The zero-order valence-corrected chi connectivity index (χ0v) is 18.2. The van der Waals surface area contributed by atoms with E-state index in [9.17, 15) is 4.79 Å². The van der Waals surface area contributed by atoms with E-state index >= 15 is 0 Å². The molecule has 2 aromatic heterocycles. The first kappa shape index (κ1) is 19.8. The van der Waals surface area contributed by atoms with E-state index < -0.39 is 0 Å². The van der Waals surface area contributed by atoms with E-state index in [0.29, 0.717) is 47.0 Å². The second-order valence-corrected chi connectivity index (χ2v) is 8.50. The number of thiazole rings is 1. The minimum Gasteiger partial charge on any atom is -0.486 e. The Labute approximate surface area is 188 Å². The molecule has 0 aliphatic carbocycles. The van der Waals surface area contributed by atoms with Crippen LogP contribution in [0.1, 0.15) is 21.6 Å². The van der Waals surface area contributed by atoms with Crippen LogP contribution in [0.25, 0.3) is 10.2 Å². The van der Waals surface area contributed by atoms with Crippen molar-refractivity contribution in [3.63, 3.8) is 0 Å². The molecule has 0 unspecified atom stereocenters. The first-order valence-electron chi connectivity index (χ1n) is 9.77. The van der Waals surface area contributed by atoms with Gasteiger partial charge in [0.2, 0.25) is 0 Å². The molecule has 8 heteroatoms. The lowest BCUT2D eigenvalue weighted by Gasteiger charge is -2.22. The maximum Gasteiger partial charge on any atom is 0.260 e. The fraction of sp³-hybridized carbons (Fsp3) is 0.174. The van der Waals surface area contributed by atoms with Crippen LogP contribution in [-0.2, 0) is 6.54 Å². The molecule has 0 fully saturated rings. The molecule has 2 aromatic carbocycles. The van der Waals surface area contributed by atoms with Gasteiger partial charge in [0.05, 0.1) is 22.5 Å². The van der Waals surface area contributed by atoms with Gasteiger partial charge < -0.3 is 9.47 Å². The highest BCUT2D eigenvalue weighted by atomic mass is 35.5. The molecule has 1 aliphatic heterocycles. The Morgan fingerprint density at radius 2 is 1.97 bits per heavy atom. The highest BCUT2D eigenvalue weighted by molar-refractivity contribution is 7.22. The van der Waals surface area contributed by atoms with Gasteiger partial charge in [-0.3, -0.25) is 14.7 Å². The van der Waals surface area contributed by atoms with Crippen LogP contribution in [0.3, 0.4) is 0 Å². The number of rotatable bonds is 4. The van der Waals surface area contributed by atoms with Crippen LogP contribution >= 0.6 is 22.9 Å². The van der Waals surface area contributed by atoms with Gasteiger partial charge in [0.15, 0.2) is 16.6 Å². The van der Waals surface area contributed by atoms with Crippen LogP contribution in [-0.4, -0.2) is 29.1 Å². The lowest BCUT2D eigenvalue weighted by atomic mass is 10.1. The van der Waals surface area contributed by atoms with Crippen LogP contribution in [0.4, 0.5) is 5.13 Å². The second-order valence-electron chi connectivity index (χ2n) is 7.09. The molecule has 0 radical (unpaired) electrons. The van der Waals surface area contributed by atoms with Gasteiger partial charge in [-0.2, -0.15) is 0 Å². The van der Waals surface area contributed by atoms with E-state index in [0.717, 1.165) is 21.5 Å². The summed E-state index contributed by atoms with van der Waals surface area (Å²) in [7, 11) is 0. The first-order valence-corrected chi connectivity index (χ1v) is 11.0. The number of halogens is 1. The first-order chi connectivity index (χ1) is 15.1. The summed E-state index contributed by atoms with van der Waals surface area (Å²) in [6.45, 7) is 3.18. The number of ether oxygens (including phenoxy) is 2. The number of anilines is 1. The van der Waals surface area contributed by atoms with E-state index in [2.05, 4.69) is 4.98 Å². The highest BCUT2D eigenvalue weighted by Crippen LogP contribution is 2.36. The fourth-order valence-electron chi connectivity index (χ4n) is 3.42. The average molecular weight is 452 g/mol. The average Bonchev–Trinajstić information content (AvgIpc) is 3.25. The van der Waals surface area contributed by atoms with E-state index in [-0.39, 0.29) is 5.91 Å². The Hall–Kier alpha value is -3.16. The second kappa shape index (κ2) is 8.17. The van der Waals surface area contributed by atoms with Gasteiger partial charge in [0.1, 0.15) is 13.2 Å². The Bertz CT molecular complexity index is 1280. The topological polar surface area (TPSA) is 64.6 Å². The monoisotopic (exact) mass is 451 g/mol. The summed E-state index contributed by atoms with van der Waals surface area (Å²) in [5.41, 5.74) is 2.95. The minimum atomic E-state index is -0.189. The largest absolute Gasteiger partial charge is 0.486 e. The molecule has 0 atom stereocenters. The molecule has 0 bridgehead atoms. The number of carbonyl (C=O) groups excluding carboxylic acids is 1. The number of benzene rings is 2. The van der Waals surface area contributed by atoms with Crippen LogP contribution in [0.5, 0.6) is 11.5 Å². The lowest BCUT2D eigenvalue weighted by molar-refractivity contribution is 0.0983. The Balaban J connectivity index is 1.57. The van der Waals surface area contributed by atoms with Crippen molar-refractivity contribution < 1.29 is 14.3 Å². The molecule has 0 saturated carbocycles. The number of aryl methyl sites for hydroxylation is 1. The number of fused-ring (bicyclic) bond motifs is 2. The van der Waals surface area contributed by atoms with E-state index in [4.69, 9.17) is 26.1 Å². The molecule has 31 heavy (non-hydrogen) atoms. The zero-order chi connectivity index (χ0) is 21.4. The molecule has 1 amide bonds. The van der Waals surface area contributed by atoms with Crippen molar-refractivity contribution >= 4 is 44.2 Å². The number of nitrogens with zero attached hydrogens (tertiary/aromatic N) is 3. The SMILES string of the molecule is Cc1c(Cl)ccc2sc(N(Cc3ccccn3)C(=O)c3ccc4c(c3)OCCO4)nc12. The number of amides is 1. The van der Waals surface area contributed by atoms with Crippen molar-refractivity contribution in [3.8, 4) is 11.5 Å². The van der Waals surface area contributed by atoms with Crippen LogP contribution in [0, 0.1) is 6.92 Å². The Morgan fingerprint density at radius 3 is 2.77 bits per heavy atom. The summed E-state index contributed by atoms with van der Waals surface area (Å²) in [4.78, 5) is 24.4. The molecular formula is C23H18ClN3O3S. The summed E-state index contributed by atoms with van der Waals surface area (Å²) in [5.74, 6) is 1.02. The minimum absolute atomic E-state index is 0.189. The van der Waals surface area contributed by atoms with Gasteiger partial charge in [-0.15, -0.1) is 0 Å². The molecule has 156 valence electrons. The zero-order valence-electron chi connectivity index (χ0n) is 16.7. The van der Waals surface area contributed by atoms with E-state index in [1.165, 1.54) is 11.3 Å². The quantitative estimate of drug-likeness (QED) is 0.423. The third-order valence-corrected chi connectivity index (χ3v) is 6.50. The van der Waals surface area contributed by atoms with Gasteiger partial charge in [0, 0.05) is 16.8 Å². The molecule has 5 rings (SSSR count). The molecule has 1 aliphatic rings. The maximum atomic E-state index is 13.6. The van der Waals surface area contributed by atoms with E-state index in [1.54, 1.807) is 29.3 Å². The lowest BCUT2D eigenvalue weighted by Crippen LogP contribution is -2.31. The normalized spacial score (nSPS) is 12.7. The maximum absolute atomic E-state index is 13.6. The number of pyridine rings is 1. The molecular weight excluding hydrogens is 434 g/mol. The van der Waals surface area contributed by atoms with Gasteiger partial charge in [-0.05, 0) is 55.0 Å². The molecule has 0 saturated heterocycles. The van der Waals surface area contributed by atoms with Crippen molar-refractivity contribution in [3.05, 3.63) is 76.6 Å². The summed E-state index contributed by atoms with van der Waals surface area (Å²) < 4.78 is 12.2. The number of aromatic nitrogens is 2. The highest BCUT2D eigenvalue weighted by Gasteiger charge is 2.24. The smallest absolute Gasteiger partial charge is 0.260 e. The molecule has 4 aromatic rings. The summed E-state index contributed by atoms with van der Waals surface area (Å²) in [6, 6.07) is 14.7. The molecule has 0 N–H and O–H groups in total. The van der Waals surface area contributed by atoms with Crippen LogP contribution in [0.15, 0.2) is 54.7 Å². The summed E-state index contributed by atoms with van der Waals surface area (Å²) in [6.07, 6.45) is 1.71. The molecule has 6 nitrogen and oxygen atoms in total. The third kappa shape index (κ3) is 3.82. The van der Waals surface area contributed by atoms with Crippen molar-refractivity contribution in [2.24, 2.45) is 0 Å². The predicted molar refractivity (Wildman–Crippen MR) is 122 cm³/mol. The standard InChI is InChI=1S/C23H18ClN3O3S/c1-14-17(24)6-8-20-21(14)26-23(31-20)27(13-16-4-2-3-9-25-16)22(28)15-5-7-18-19(12-15)30-11-10-29-18/h2-9,12H,10-11,13H2,1H3. The van der Waals surface area contributed by atoms with Gasteiger partial charge in [-0.1, -0.05) is 29.0 Å². The Morgan fingerprint density at radius 1 is 1.13 bits per heavy atom. The Kier molecular flexibility index (Phi) is 5.21. The van der Waals surface area contributed by atoms with Crippen molar-refractivity contribution in [2.75, 3.05) is 18.1 Å².